The number of amides is 6. The fourth-order valence-corrected chi connectivity index (χ4v) is 11.5. The van der Waals surface area contributed by atoms with Gasteiger partial charge in [0, 0.05) is 73.5 Å². The Kier molecular flexibility index (Phi) is 22.2. The first kappa shape index (κ1) is 64.4. The maximum atomic E-state index is 13.5. The number of unbranched alkanes of at least 4 members (excludes halogenated alkanes) is 3. The van der Waals surface area contributed by atoms with Crippen LogP contribution in [0.2, 0.25) is 0 Å². The second kappa shape index (κ2) is 27.6. The van der Waals surface area contributed by atoms with E-state index in [9.17, 15) is 28.8 Å². The number of likely N-dealkylation sites (tertiary alicyclic amines) is 2. The van der Waals surface area contributed by atoms with Crippen LogP contribution in [0.5, 0.6) is 0 Å². The molecular formula is C60H84N14O6. The lowest BCUT2D eigenvalue weighted by Crippen LogP contribution is -2.66. The molecule has 2 aliphatic heterocycles. The highest BCUT2D eigenvalue weighted by Crippen LogP contribution is 2.43. The lowest BCUT2D eigenvalue weighted by atomic mass is 9.76. The molecule has 0 atom stereocenters. The SMILES string of the molecule is C=CCN(C(=O)C=C)c1nc(N(CC=C)C(=O)C=C)nc(N(CCCCCCN(c2nc(N(CC=C)C(=O)C=C)nc(N(CC=C)C(=O)C=C)n2)C2CC(C)(C)N(C(=O)C=C)C(C)(C)C2)C2CC(C)(C)N(C(=O)C=C)C(C)(C)C2)n1. The van der Waals surface area contributed by atoms with E-state index in [2.05, 4.69) is 85.6 Å². The summed E-state index contributed by atoms with van der Waals surface area (Å²) in [6.07, 6.45) is 18.0. The van der Waals surface area contributed by atoms with Crippen molar-refractivity contribution < 1.29 is 28.8 Å². The van der Waals surface area contributed by atoms with E-state index in [-0.39, 0.29) is 85.8 Å². The third-order valence-corrected chi connectivity index (χ3v) is 14.3. The zero-order chi connectivity index (χ0) is 59.9. The highest BCUT2D eigenvalue weighted by atomic mass is 16.2. The Hall–Kier alpha value is -8.16. The van der Waals surface area contributed by atoms with Crippen LogP contribution in [0.1, 0.15) is 107 Å². The summed E-state index contributed by atoms with van der Waals surface area (Å²) in [4.78, 5) is 123. The van der Waals surface area contributed by atoms with E-state index >= 15 is 0 Å². The summed E-state index contributed by atoms with van der Waals surface area (Å²) in [6.45, 7) is 54.9. The van der Waals surface area contributed by atoms with Gasteiger partial charge in [-0.05, 0) is 130 Å². The van der Waals surface area contributed by atoms with Gasteiger partial charge in [-0.1, -0.05) is 76.6 Å². The minimum Gasteiger partial charge on any atom is -0.337 e. The summed E-state index contributed by atoms with van der Waals surface area (Å²) in [6, 6.07) is -0.531. The molecule has 2 saturated heterocycles. The second-order valence-electron chi connectivity index (χ2n) is 22.2. The Balaban J connectivity index is 1.87. The van der Waals surface area contributed by atoms with E-state index in [0.717, 1.165) is 24.3 Å². The van der Waals surface area contributed by atoms with Gasteiger partial charge in [0.25, 0.3) is 23.6 Å². The molecule has 20 heteroatoms. The van der Waals surface area contributed by atoms with Crippen molar-refractivity contribution in [2.45, 2.75) is 141 Å². The van der Waals surface area contributed by atoms with E-state index < -0.39 is 45.8 Å². The van der Waals surface area contributed by atoms with E-state index in [1.807, 2.05) is 65.2 Å². The van der Waals surface area contributed by atoms with Crippen molar-refractivity contribution in [3.8, 4) is 0 Å². The standard InChI is InChI=1S/C60H84N14O6/c1-19-33-69(45(75)23-5)53-61-51(62-54(65-53)70(34-20-2)46(76)24-6)67(43-39-57(11,12)73(49(79)27-9)58(13,14)40-43)37-31-29-30-32-38-68(44-41-59(15,16)74(50(80)28-10)60(17,18)42-44)52-63-55(71(35-21-3)47(77)25-7)66-56(64-52)72(36-22-4)48(78)26-8/h19-28,43-44H,1-10,29-42H2,11-18H3. The van der Waals surface area contributed by atoms with E-state index in [0.29, 0.717) is 64.5 Å². The number of piperidine rings is 2. The predicted molar refractivity (Wildman–Crippen MR) is 320 cm³/mol. The van der Waals surface area contributed by atoms with Crippen molar-refractivity contribution >= 4 is 71.1 Å². The summed E-state index contributed by atoms with van der Waals surface area (Å²) in [5.41, 5.74) is -2.68. The van der Waals surface area contributed by atoms with Crippen LogP contribution in [-0.4, -0.2) is 149 Å². The Labute approximate surface area is 474 Å². The monoisotopic (exact) mass is 1100 g/mol. The number of hydrogen-bond donors (Lipinski definition) is 0. The van der Waals surface area contributed by atoms with E-state index in [1.54, 1.807) is 0 Å². The Morgan fingerprint density at radius 1 is 0.388 bits per heavy atom. The molecule has 0 saturated carbocycles. The molecule has 0 N–H and O–H groups in total. The zero-order valence-electron chi connectivity index (χ0n) is 48.6. The van der Waals surface area contributed by atoms with Gasteiger partial charge in [0.15, 0.2) is 0 Å². The first-order valence-corrected chi connectivity index (χ1v) is 26.9. The lowest BCUT2D eigenvalue weighted by molar-refractivity contribution is -0.145. The molecular weight excluding hydrogens is 1010 g/mol. The topological polar surface area (TPSA) is 206 Å². The molecule has 0 unspecified atom stereocenters. The van der Waals surface area contributed by atoms with Gasteiger partial charge in [0.05, 0.1) is 0 Å². The van der Waals surface area contributed by atoms with Crippen molar-refractivity contribution in [2.24, 2.45) is 0 Å². The van der Waals surface area contributed by atoms with Crippen molar-refractivity contribution in [1.82, 2.24) is 39.7 Å². The largest absolute Gasteiger partial charge is 0.337 e. The van der Waals surface area contributed by atoms with Crippen LogP contribution < -0.4 is 29.4 Å². The van der Waals surface area contributed by atoms with Crippen molar-refractivity contribution in [2.75, 3.05) is 68.7 Å². The van der Waals surface area contributed by atoms with Gasteiger partial charge >= 0.3 is 0 Å². The average molecular weight is 1100 g/mol. The van der Waals surface area contributed by atoms with Crippen LogP contribution in [-0.2, 0) is 28.8 Å². The van der Waals surface area contributed by atoms with Gasteiger partial charge in [0.2, 0.25) is 47.5 Å². The second-order valence-corrected chi connectivity index (χ2v) is 22.2. The van der Waals surface area contributed by atoms with Crippen LogP contribution >= 0.6 is 0 Å². The summed E-state index contributed by atoms with van der Waals surface area (Å²) in [5, 5.41) is 0. The number of nitrogens with zero attached hydrogens (tertiary/aromatic N) is 14. The molecule has 80 heavy (non-hydrogen) atoms. The molecule has 2 aliphatic rings. The summed E-state index contributed by atoms with van der Waals surface area (Å²) < 4.78 is 0. The Bertz CT molecular complexity index is 2420. The number of carbonyl (C=O) groups is 6. The molecule has 0 radical (unpaired) electrons. The molecule has 0 bridgehead atoms. The minimum atomic E-state index is -0.671. The van der Waals surface area contributed by atoms with Gasteiger partial charge in [-0.25, -0.2) is 0 Å². The quantitative estimate of drug-likeness (QED) is 0.0428. The molecule has 2 aromatic heterocycles. The van der Waals surface area contributed by atoms with Crippen LogP contribution in [0.3, 0.4) is 0 Å². The molecule has 0 aliphatic carbocycles. The molecule has 20 nitrogen and oxygen atoms in total. The number of carbonyl (C=O) groups excluding carboxylic acids is 6. The third kappa shape index (κ3) is 14.9. The number of hydrogen-bond acceptors (Lipinski definition) is 14. The first-order chi connectivity index (χ1) is 37.7. The average Bonchev–Trinajstić information content (AvgIpc) is 3.47. The molecule has 0 spiro atoms. The van der Waals surface area contributed by atoms with Gasteiger partial charge in [-0.3, -0.25) is 48.4 Å². The van der Waals surface area contributed by atoms with Crippen LogP contribution in [0.25, 0.3) is 0 Å². The highest BCUT2D eigenvalue weighted by molar-refractivity contribution is 6.03. The molecule has 0 aromatic carbocycles. The van der Waals surface area contributed by atoms with Gasteiger partial charge in [-0.15, -0.1) is 26.3 Å². The molecule has 4 heterocycles. The van der Waals surface area contributed by atoms with Crippen LogP contribution in [0.15, 0.2) is 127 Å². The highest BCUT2D eigenvalue weighted by Gasteiger charge is 2.50. The lowest BCUT2D eigenvalue weighted by Gasteiger charge is -2.56. The summed E-state index contributed by atoms with van der Waals surface area (Å²) >= 11 is 0. The maximum absolute atomic E-state index is 13.5. The van der Waals surface area contributed by atoms with E-state index in [1.165, 1.54) is 56.1 Å². The Morgan fingerprint density at radius 2 is 0.613 bits per heavy atom. The van der Waals surface area contributed by atoms with Crippen LogP contribution in [0.4, 0.5) is 35.7 Å². The molecule has 2 aromatic rings. The van der Waals surface area contributed by atoms with Crippen molar-refractivity contribution in [3.63, 3.8) is 0 Å². The number of aromatic nitrogens is 6. The number of anilines is 6. The van der Waals surface area contributed by atoms with Gasteiger partial charge in [-0.2, -0.15) is 29.9 Å². The van der Waals surface area contributed by atoms with E-state index in [4.69, 9.17) is 19.9 Å². The van der Waals surface area contributed by atoms with Gasteiger partial charge in [0.1, 0.15) is 0 Å². The molecule has 4 rings (SSSR count). The zero-order valence-corrected chi connectivity index (χ0v) is 48.6. The third-order valence-electron chi connectivity index (χ3n) is 14.3. The molecule has 430 valence electrons. The van der Waals surface area contributed by atoms with Crippen molar-refractivity contribution in [1.29, 1.82) is 0 Å². The summed E-state index contributed by atoms with van der Waals surface area (Å²) in [5.74, 6) is -2.06. The minimum absolute atomic E-state index is 0.0257. The maximum Gasteiger partial charge on any atom is 0.253 e. The smallest absolute Gasteiger partial charge is 0.253 e. The molecule has 6 amide bonds. The fraction of sp³-hybridized carbons (Fsp3) is 0.467. The first-order valence-electron chi connectivity index (χ1n) is 26.9. The van der Waals surface area contributed by atoms with Crippen molar-refractivity contribution in [3.05, 3.63) is 127 Å². The summed E-state index contributed by atoms with van der Waals surface area (Å²) in [7, 11) is 0. The van der Waals surface area contributed by atoms with Gasteiger partial charge < -0.3 is 19.6 Å². The predicted octanol–water partition coefficient (Wildman–Crippen LogP) is 8.22. The number of rotatable bonds is 29. The molecule has 2 fully saturated rings. The van der Waals surface area contributed by atoms with Crippen LogP contribution in [0, 0.1) is 0 Å². The fourth-order valence-electron chi connectivity index (χ4n) is 11.5. The Morgan fingerprint density at radius 3 is 0.812 bits per heavy atom. The normalized spacial score (nSPS) is 16.1.